The van der Waals surface area contributed by atoms with Crippen LogP contribution in [0, 0.1) is 0 Å². The molecular weight excluding hydrogens is 310 g/mol. The van der Waals surface area contributed by atoms with Crippen molar-refractivity contribution in [2.75, 3.05) is 5.32 Å². The van der Waals surface area contributed by atoms with Gasteiger partial charge < -0.3 is 21.4 Å². The van der Waals surface area contributed by atoms with E-state index in [0.717, 1.165) is 36.5 Å². The van der Waals surface area contributed by atoms with Crippen LogP contribution in [0.25, 0.3) is 0 Å². The van der Waals surface area contributed by atoms with Gasteiger partial charge in [0.2, 0.25) is 0 Å². The average molecular weight is 339 g/mol. The first-order chi connectivity index (χ1) is 11.9. The maximum Gasteiger partial charge on any atom is 0.127 e. The molecule has 25 heavy (non-hydrogen) atoms. The van der Waals surface area contributed by atoms with Gasteiger partial charge in [-0.2, -0.15) is 0 Å². The van der Waals surface area contributed by atoms with E-state index < -0.39 is 5.54 Å². The topological polar surface area (TPSA) is 78.8 Å². The highest BCUT2D eigenvalue weighted by Crippen LogP contribution is 2.17. The summed E-state index contributed by atoms with van der Waals surface area (Å²) in [6.07, 6.45) is 6.34. The van der Waals surface area contributed by atoms with Gasteiger partial charge in [0.1, 0.15) is 5.82 Å². The van der Waals surface area contributed by atoms with Crippen LogP contribution >= 0.6 is 0 Å². The fourth-order valence-corrected chi connectivity index (χ4v) is 2.47. The Morgan fingerprint density at radius 2 is 2.00 bits per heavy atom. The van der Waals surface area contributed by atoms with Crippen molar-refractivity contribution in [3.8, 4) is 0 Å². The molecule has 5 N–H and O–H groups in total. The predicted octanol–water partition coefficient (Wildman–Crippen LogP) is 3.57. The quantitative estimate of drug-likeness (QED) is 0.534. The van der Waals surface area contributed by atoms with Crippen LogP contribution < -0.4 is 16.4 Å². The molecule has 2 rings (SSSR count). The SMILES string of the molecule is C=C(Nc1cnc[nH]1)C(CCCc1ccccc1)NC(=C)C(C)(C)N. The molecule has 0 aliphatic rings. The standard InChI is InChI=1S/C20H29N5/c1-15(24-19-13-22-14-23-19)18(25-16(2)20(3,4)21)12-8-11-17-9-6-5-7-10-17/h5-7,9-10,13-14,18,24-25H,1-2,8,11-12,21H2,3-4H3,(H,22,23). The highest BCUT2D eigenvalue weighted by Gasteiger charge is 2.20. The summed E-state index contributed by atoms with van der Waals surface area (Å²) in [6.45, 7) is 12.2. The van der Waals surface area contributed by atoms with Crippen molar-refractivity contribution >= 4 is 5.82 Å². The van der Waals surface area contributed by atoms with E-state index in [4.69, 9.17) is 5.73 Å². The number of imidazole rings is 1. The van der Waals surface area contributed by atoms with Gasteiger partial charge in [0.15, 0.2) is 0 Å². The van der Waals surface area contributed by atoms with E-state index in [1.165, 1.54) is 5.56 Å². The van der Waals surface area contributed by atoms with Gasteiger partial charge in [0.05, 0.1) is 18.6 Å². The molecule has 0 aliphatic carbocycles. The third-order valence-corrected chi connectivity index (χ3v) is 4.14. The van der Waals surface area contributed by atoms with E-state index in [2.05, 4.69) is 58.0 Å². The van der Waals surface area contributed by atoms with Crippen LogP contribution in [0.15, 0.2) is 67.4 Å². The van der Waals surface area contributed by atoms with Gasteiger partial charge in [-0.25, -0.2) is 4.98 Å². The number of nitrogens with zero attached hydrogens (tertiary/aromatic N) is 1. The number of aromatic nitrogens is 2. The number of hydrogen-bond acceptors (Lipinski definition) is 4. The Hall–Kier alpha value is -2.53. The van der Waals surface area contributed by atoms with Crippen molar-refractivity contribution in [3.05, 3.63) is 73.0 Å². The normalized spacial score (nSPS) is 12.4. The first kappa shape index (κ1) is 18.8. The number of H-pyrrole nitrogens is 1. The number of nitrogens with two attached hydrogens (primary N) is 1. The number of aromatic amines is 1. The second-order valence-electron chi connectivity index (χ2n) is 6.89. The molecule has 0 radical (unpaired) electrons. The molecule has 0 bridgehead atoms. The monoisotopic (exact) mass is 339 g/mol. The summed E-state index contributed by atoms with van der Waals surface area (Å²) in [5.74, 6) is 0.817. The summed E-state index contributed by atoms with van der Waals surface area (Å²) in [5.41, 5.74) is 8.66. The average Bonchev–Trinajstić information content (AvgIpc) is 3.06. The van der Waals surface area contributed by atoms with Crippen LogP contribution in [-0.2, 0) is 6.42 Å². The highest BCUT2D eigenvalue weighted by atomic mass is 15.1. The van der Waals surface area contributed by atoms with Crippen LogP contribution in [0.1, 0.15) is 32.3 Å². The number of anilines is 1. The van der Waals surface area contributed by atoms with Gasteiger partial charge in [-0.1, -0.05) is 43.5 Å². The summed E-state index contributed by atoms with van der Waals surface area (Å²) >= 11 is 0. The van der Waals surface area contributed by atoms with Gasteiger partial charge in [0.25, 0.3) is 0 Å². The lowest BCUT2D eigenvalue weighted by atomic mass is 9.99. The van der Waals surface area contributed by atoms with Crippen molar-refractivity contribution in [2.45, 2.75) is 44.7 Å². The molecule has 5 heteroatoms. The van der Waals surface area contributed by atoms with Crippen LogP contribution in [0.3, 0.4) is 0 Å². The Morgan fingerprint density at radius 3 is 2.60 bits per heavy atom. The van der Waals surface area contributed by atoms with Crippen molar-refractivity contribution < 1.29 is 0 Å². The van der Waals surface area contributed by atoms with Gasteiger partial charge in [-0.3, -0.25) is 0 Å². The minimum atomic E-state index is -0.494. The summed E-state index contributed by atoms with van der Waals surface area (Å²) in [5, 5.41) is 6.71. The smallest absolute Gasteiger partial charge is 0.127 e. The highest BCUT2D eigenvalue weighted by molar-refractivity contribution is 5.40. The zero-order valence-electron chi connectivity index (χ0n) is 15.2. The first-order valence-electron chi connectivity index (χ1n) is 8.59. The predicted molar refractivity (Wildman–Crippen MR) is 105 cm³/mol. The lowest BCUT2D eigenvalue weighted by molar-refractivity contribution is 0.493. The molecule has 0 spiro atoms. The summed E-state index contributed by atoms with van der Waals surface area (Å²) < 4.78 is 0. The fourth-order valence-electron chi connectivity index (χ4n) is 2.47. The molecular formula is C20H29N5. The Bertz CT molecular complexity index is 668. The molecule has 0 saturated heterocycles. The summed E-state index contributed by atoms with van der Waals surface area (Å²) in [7, 11) is 0. The molecule has 1 aromatic carbocycles. The number of nitrogens with one attached hydrogen (secondary N) is 3. The van der Waals surface area contributed by atoms with Crippen LogP contribution in [0.4, 0.5) is 5.82 Å². The van der Waals surface area contributed by atoms with E-state index in [1.807, 2.05) is 19.9 Å². The number of rotatable bonds is 10. The molecule has 0 fully saturated rings. The van der Waals surface area contributed by atoms with E-state index in [9.17, 15) is 0 Å². The largest absolute Gasteiger partial charge is 0.379 e. The Balaban J connectivity index is 1.97. The maximum absolute atomic E-state index is 6.15. The van der Waals surface area contributed by atoms with Crippen molar-refractivity contribution in [1.29, 1.82) is 0 Å². The zero-order valence-corrected chi connectivity index (χ0v) is 15.2. The number of aryl methyl sites for hydroxylation is 1. The molecule has 2 aromatic rings. The molecule has 1 heterocycles. The van der Waals surface area contributed by atoms with Crippen LogP contribution in [0.5, 0.6) is 0 Å². The van der Waals surface area contributed by atoms with E-state index >= 15 is 0 Å². The Labute approximate surface area is 150 Å². The van der Waals surface area contributed by atoms with Gasteiger partial charge in [-0.05, 0) is 38.7 Å². The van der Waals surface area contributed by atoms with Gasteiger partial charge >= 0.3 is 0 Å². The molecule has 1 unspecified atom stereocenters. The Kier molecular flexibility index (Phi) is 6.42. The van der Waals surface area contributed by atoms with Crippen molar-refractivity contribution in [2.24, 2.45) is 5.73 Å². The fraction of sp³-hybridized carbons (Fsp3) is 0.350. The van der Waals surface area contributed by atoms with Gasteiger partial charge in [0, 0.05) is 16.9 Å². The van der Waals surface area contributed by atoms with E-state index in [0.29, 0.717) is 0 Å². The molecule has 1 aromatic heterocycles. The number of hydrogen-bond donors (Lipinski definition) is 4. The van der Waals surface area contributed by atoms with E-state index in [1.54, 1.807) is 12.5 Å². The molecule has 134 valence electrons. The molecule has 0 aliphatic heterocycles. The minimum Gasteiger partial charge on any atom is -0.379 e. The third-order valence-electron chi connectivity index (χ3n) is 4.14. The summed E-state index contributed by atoms with van der Waals surface area (Å²) in [4.78, 5) is 7.05. The second-order valence-corrected chi connectivity index (χ2v) is 6.89. The Morgan fingerprint density at radius 1 is 1.28 bits per heavy atom. The molecule has 0 amide bonds. The second kappa shape index (κ2) is 8.53. The first-order valence-corrected chi connectivity index (χ1v) is 8.59. The zero-order chi connectivity index (χ0) is 18.3. The molecule has 0 saturated carbocycles. The van der Waals surface area contributed by atoms with E-state index in [-0.39, 0.29) is 6.04 Å². The third kappa shape index (κ3) is 6.12. The van der Waals surface area contributed by atoms with Crippen molar-refractivity contribution in [3.63, 3.8) is 0 Å². The van der Waals surface area contributed by atoms with Crippen molar-refractivity contribution in [1.82, 2.24) is 15.3 Å². The van der Waals surface area contributed by atoms with Crippen LogP contribution in [-0.4, -0.2) is 21.5 Å². The molecule has 1 atom stereocenters. The lowest BCUT2D eigenvalue weighted by Gasteiger charge is -2.30. The van der Waals surface area contributed by atoms with Gasteiger partial charge in [-0.15, -0.1) is 0 Å². The lowest BCUT2D eigenvalue weighted by Crippen LogP contribution is -2.45. The number of benzene rings is 1. The summed E-state index contributed by atoms with van der Waals surface area (Å²) in [6, 6.07) is 10.5. The van der Waals surface area contributed by atoms with Crippen LogP contribution in [0.2, 0.25) is 0 Å². The molecule has 5 nitrogen and oxygen atoms in total. The maximum atomic E-state index is 6.15. The minimum absolute atomic E-state index is 0.0299.